The quantitative estimate of drug-likeness (QED) is 0.649. The summed E-state index contributed by atoms with van der Waals surface area (Å²) in [7, 11) is 2.77. The second-order valence-corrected chi connectivity index (χ2v) is 6.91. The minimum atomic E-state index is -0.607. The van der Waals surface area contributed by atoms with Gasteiger partial charge in [0, 0.05) is 14.1 Å². The van der Waals surface area contributed by atoms with E-state index in [2.05, 4.69) is 0 Å². The monoisotopic (exact) mass is 392 g/mol. The molecular formula is C22H24N4O3. The van der Waals surface area contributed by atoms with Gasteiger partial charge in [-0.05, 0) is 18.1 Å². The molecule has 2 atom stereocenters. The van der Waals surface area contributed by atoms with E-state index >= 15 is 0 Å². The van der Waals surface area contributed by atoms with E-state index in [9.17, 15) is 14.7 Å². The first-order valence-electron chi connectivity index (χ1n) is 9.22. The smallest absolute Gasteiger partial charge is 0.333 e. The van der Waals surface area contributed by atoms with E-state index < -0.39 is 29.2 Å². The third-order valence-electron chi connectivity index (χ3n) is 4.99. The van der Waals surface area contributed by atoms with E-state index in [0.29, 0.717) is 5.71 Å². The molecule has 3 aromatic rings. The van der Waals surface area contributed by atoms with Gasteiger partial charge in [0.25, 0.3) is 5.56 Å². The van der Waals surface area contributed by atoms with Gasteiger partial charge in [-0.2, -0.15) is 0 Å². The molecule has 7 nitrogen and oxygen atoms in total. The number of aliphatic imine (C=N–C) groups is 1. The van der Waals surface area contributed by atoms with E-state index in [4.69, 9.17) is 10.7 Å². The van der Waals surface area contributed by atoms with Crippen LogP contribution in [0.25, 0.3) is 0 Å². The normalized spacial score (nSPS) is 13.9. The molecule has 0 aliphatic carbocycles. The molecule has 0 unspecified atom stereocenters. The van der Waals surface area contributed by atoms with Gasteiger partial charge in [0.15, 0.2) is 0 Å². The highest BCUT2D eigenvalue weighted by molar-refractivity contribution is 6.00. The Labute approximate surface area is 168 Å². The zero-order valence-corrected chi connectivity index (χ0v) is 16.6. The average molecular weight is 392 g/mol. The van der Waals surface area contributed by atoms with Crippen molar-refractivity contribution in [1.82, 2.24) is 9.13 Å². The number of benzene rings is 2. The molecule has 0 radical (unpaired) electrons. The molecule has 29 heavy (non-hydrogen) atoms. The third kappa shape index (κ3) is 3.90. The van der Waals surface area contributed by atoms with Crippen molar-refractivity contribution in [2.75, 3.05) is 0 Å². The number of nitrogens with zero attached hydrogens (tertiary/aromatic N) is 3. The van der Waals surface area contributed by atoms with Crippen LogP contribution in [0.15, 0.2) is 75.2 Å². The fourth-order valence-corrected chi connectivity index (χ4v) is 3.29. The molecule has 0 fully saturated rings. The molecule has 0 saturated carbocycles. The van der Waals surface area contributed by atoms with Crippen molar-refractivity contribution < 1.29 is 5.11 Å². The van der Waals surface area contributed by atoms with Crippen LogP contribution in [0.4, 0.5) is 0 Å². The van der Waals surface area contributed by atoms with Crippen molar-refractivity contribution in [1.29, 1.82) is 0 Å². The lowest BCUT2D eigenvalue weighted by atomic mass is 9.94. The topological polar surface area (TPSA) is 103 Å². The van der Waals surface area contributed by atoms with Crippen LogP contribution in [0, 0.1) is 0 Å². The lowest BCUT2D eigenvalue weighted by Gasteiger charge is -2.22. The fourth-order valence-electron chi connectivity index (χ4n) is 3.29. The zero-order chi connectivity index (χ0) is 21.1. The molecule has 2 aromatic carbocycles. The van der Waals surface area contributed by atoms with Gasteiger partial charge < -0.3 is 10.8 Å². The first-order chi connectivity index (χ1) is 13.8. The summed E-state index contributed by atoms with van der Waals surface area (Å²) in [6.07, 6.45) is 0. The highest BCUT2D eigenvalue weighted by Gasteiger charge is 2.23. The third-order valence-corrected chi connectivity index (χ3v) is 4.99. The maximum atomic E-state index is 12.6. The molecule has 1 heterocycles. The maximum Gasteiger partial charge on any atom is 0.333 e. The summed E-state index contributed by atoms with van der Waals surface area (Å²) < 4.78 is 1.97. The molecule has 1 aromatic heterocycles. The van der Waals surface area contributed by atoms with Gasteiger partial charge in [0.05, 0.1) is 17.8 Å². The zero-order valence-electron chi connectivity index (χ0n) is 16.6. The lowest BCUT2D eigenvalue weighted by Crippen LogP contribution is -2.39. The summed E-state index contributed by atoms with van der Waals surface area (Å²) >= 11 is 0. The predicted octanol–water partition coefficient (Wildman–Crippen LogP) is 2.04. The number of hydrogen-bond donors (Lipinski definition) is 2. The summed E-state index contributed by atoms with van der Waals surface area (Å²) in [4.78, 5) is 29.4. The number of aromatic hydroxyl groups is 1. The second kappa shape index (κ2) is 8.28. The summed E-state index contributed by atoms with van der Waals surface area (Å²) in [5.41, 5.74) is 7.40. The predicted molar refractivity (Wildman–Crippen MR) is 113 cm³/mol. The Bertz CT molecular complexity index is 1150. The van der Waals surface area contributed by atoms with Crippen molar-refractivity contribution in [2.45, 2.75) is 19.0 Å². The van der Waals surface area contributed by atoms with Crippen LogP contribution in [0.2, 0.25) is 0 Å². The van der Waals surface area contributed by atoms with E-state index in [0.717, 1.165) is 20.3 Å². The standard InChI is InChI=1S/C22H24N4O3/c1-14(17-20(27)25(2)22(29)26(3)21(17)28)24-19(16-12-8-5-9-13-16)18(23)15-10-6-4-7-11-15/h4-13,18-19,27H,23H2,1-3H3/t18-,19-/m1/s1. The molecule has 7 heteroatoms. The Morgan fingerprint density at radius 1 is 0.931 bits per heavy atom. The van der Waals surface area contributed by atoms with Gasteiger partial charge in [-0.25, -0.2) is 4.79 Å². The van der Waals surface area contributed by atoms with Crippen molar-refractivity contribution in [3.8, 4) is 5.88 Å². The Kier molecular flexibility index (Phi) is 5.79. The summed E-state index contributed by atoms with van der Waals surface area (Å²) in [5.74, 6) is -0.417. The van der Waals surface area contributed by atoms with Crippen molar-refractivity contribution in [3.63, 3.8) is 0 Å². The summed E-state index contributed by atoms with van der Waals surface area (Å²) in [6, 6.07) is 18.2. The van der Waals surface area contributed by atoms with Crippen LogP contribution in [0.3, 0.4) is 0 Å². The van der Waals surface area contributed by atoms with Crippen LogP contribution in [-0.2, 0) is 14.1 Å². The Morgan fingerprint density at radius 3 is 2.00 bits per heavy atom. The highest BCUT2D eigenvalue weighted by atomic mass is 16.3. The average Bonchev–Trinajstić information content (AvgIpc) is 2.75. The number of hydrogen-bond acceptors (Lipinski definition) is 5. The Hall–Kier alpha value is -3.45. The molecule has 0 saturated heterocycles. The SMILES string of the molecule is CC(=N[C@H](c1ccccc1)[C@H](N)c1ccccc1)c1c(O)n(C)c(=O)n(C)c1=O. The van der Waals surface area contributed by atoms with Crippen LogP contribution in [0.5, 0.6) is 5.88 Å². The first-order valence-corrected chi connectivity index (χ1v) is 9.22. The van der Waals surface area contributed by atoms with Gasteiger partial charge in [-0.3, -0.25) is 18.9 Å². The van der Waals surface area contributed by atoms with Gasteiger partial charge in [-0.1, -0.05) is 60.7 Å². The minimum Gasteiger partial charge on any atom is -0.494 e. The molecule has 0 amide bonds. The molecule has 150 valence electrons. The molecule has 0 spiro atoms. The summed E-state index contributed by atoms with van der Waals surface area (Å²) in [5, 5.41) is 10.4. The Balaban J connectivity index is 2.17. The van der Waals surface area contributed by atoms with Crippen LogP contribution < -0.4 is 17.0 Å². The highest BCUT2D eigenvalue weighted by Crippen LogP contribution is 2.31. The van der Waals surface area contributed by atoms with E-state index in [1.165, 1.54) is 14.1 Å². The lowest BCUT2D eigenvalue weighted by molar-refractivity contribution is 0.410. The first kappa shape index (κ1) is 20.3. The fraction of sp³-hybridized carbons (Fsp3) is 0.227. The molecule has 0 aliphatic heterocycles. The van der Waals surface area contributed by atoms with Gasteiger partial charge in [-0.15, -0.1) is 0 Å². The van der Waals surface area contributed by atoms with Crippen molar-refractivity contribution in [2.24, 2.45) is 24.8 Å². The van der Waals surface area contributed by atoms with E-state index in [1.54, 1.807) is 6.92 Å². The minimum absolute atomic E-state index is 0.0178. The maximum absolute atomic E-state index is 12.6. The summed E-state index contributed by atoms with van der Waals surface area (Å²) in [6.45, 7) is 1.63. The largest absolute Gasteiger partial charge is 0.494 e. The molecule has 0 bridgehead atoms. The van der Waals surface area contributed by atoms with Gasteiger partial charge in [0.2, 0.25) is 5.88 Å². The van der Waals surface area contributed by atoms with Crippen LogP contribution in [-0.4, -0.2) is 20.0 Å². The number of nitrogens with two attached hydrogens (primary N) is 1. The number of rotatable bonds is 5. The second-order valence-electron chi connectivity index (χ2n) is 6.91. The Morgan fingerprint density at radius 2 is 1.45 bits per heavy atom. The molecule has 3 rings (SSSR count). The van der Waals surface area contributed by atoms with E-state index in [-0.39, 0.29) is 5.56 Å². The number of aromatic nitrogens is 2. The van der Waals surface area contributed by atoms with Crippen LogP contribution >= 0.6 is 0 Å². The van der Waals surface area contributed by atoms with Crippen molar-refractivity contribution in [3.05, 3.63) is 98.2 Å². The molecular weight excluding hydrogens is 368 g/mol. The molecule has 3 N–H and O–H groups in total. The van der Waals surface area contributed by atoms with Gasteiger partial charge >= 0.3 is 5.69 Å². The van der Waals surface area contributed by atoms with Gasteiger partial charge in [0.1, 0.15) is 5.56 Å². The van der Waals surface area contributed by atoms with E-state index in [1.807, 2.05) is 60.7 Å². The molecule has 0 aliphatic rings. The van der Waals surface area contributed by atoms with Crippen LogP contribution in [0.1, 0.15) is 35.7 Å². The van der Waals surface area contributed by atoms with Crippen molar-refractivity contribution >= 4 is 5.71 Å².